The van der Waals surface area contributed by atoms with Crippen LogP contribution in [-0.4, -0.2) is 17.7 Å². The van der Waals surface area contributed by atoms with Crippen LogP contribution in [0.5, 0.6) is 0 Å². The molecule has 0 radical (unpaired) electrons. The fourth-order valence-electron chi connectivity index (χ4n) is 3.24. The van der Waals surface area contributed by atoms with Crippen LogP contribution in [-0.2, 0) is 22.4 Å². The van der Waals surface area contributed by atoms with E-state index < -0.39 is 0 Å². The molecule has 2 aromatic rings. The molecule has 0 aromatic heterocycles. The number of para-hydroxylation sites is 1. The zero-order chi connectivity index (χ0) is 18.7. The fraction of sp³-hybridized carbons (Fsp3) is 0.286. The summed E-state index contributed by atoms with van der Waals surface area (Å²) < 4.78 is 0. The maximum atomic E-state index is 12.8. The largest absolute Gasteiger partial charge is 0.321 e. The Kier molecular flexibility index (Phi) is 5.16. The summed E-state index contributed by atoms with van der Waals surface area (Å²) in [6.45, 7) is 4.10. The third-order valence-corrected chi connectivity index (χ3v) is 4.66. The first-order chi connectivity index (χ1) is 12.5. The zero-order valence-corrected chi connectivity index (χ0v) is 15.0. The predicted molar refractivity (Wildman–Crippen MR) is 101 cm³/mol. The monoisotopic (exact) mass is 350 g/mol. The van der Waals surface area contributed by atoms with Crippen LogP contribution in [0.15, 0.2) is 42.5 Å². The fourth-order valence-corrected chi connectivity index (χ4v) is 3.24. The van der Waals surface area contributed by atoms with E-state index in [4.69, 9.17) is 0 Å². The molecule has 3 amide bonds. The number of rotatable bonds is 5. The molecule has 2 aromatic carbocycles. The van der Waals surface area contributed by atoms with Gasteiger partial charge >= 0.3 is 0 Å². The van der Waals surface area contributed by atoms with Crippen molar-refractivity contribution >= 4 is 29.1 Å². The van der Waals surface area contributed by atoms with Crippen LogP contribution in [0.4, 0.5) is 11.4 Å². The number of anilines is 2. The summed E-state index contributed by atoms with van der Waals surface area (Å²) in [6, 6.07) is 12.7. The smallest absolute Gasteiger partial charge is 0.255 e. The Bertz CT molecular complexity index is 835. The first-order valence-corrected chi connectivity index (χ1v) is 8.93. The summed E-state index contributed by atoms with van der Waals surface area (Å²) in [5, 5.41) is 3.01. The maximum Gasteiger partial charge on any atom is 0.255 e. The van der Waals surface area contributed by atoms with Gasteiger partial charge in [-0.2, -0.15) is 0 Å². The molecule has 26 heavy (non-hydrogen) atoms. The number of carbonyl (C=O) groups excluding carboxylic acids is 3. The Labute approximate surface area is 153 Å². The van der Waals surface area contributed by atoms with Crippen molar-refractivity contribution in [3.8, 4) is 0 Å². The van der Waals surface area contributed by atoms with E-state index in [2.05, 4.69) is 19.2 Å². The molecule has 0 aliphatic carbocycles. The van der Waals surface area contributed by atoms with Gasteiger partial charge in [-0.05, 0) is 42.2 Å². The van der Waals surface area contributed by atoms with E-state index in [9.17, 15) is 14.4 Å². The lowest BCUT2D eigenvalue weighted by atomic mass is 10.0. The maximum absolute atomic E-state index is 12.8. The molecule has 5 heteroatoms. The van der Waals surface area contributed by atoms with Gasteiger partial charge < -0.3 is 5.32 Å². The molecule has 0 saturated carbocycles. The number of carbonyl (C=O) groups is 3. The molecule has 0 atom stereocenters. The molecule has 1 heterocycles. The molecule has 1 N–H and O–H groups in total. The minimum absolute atomic E-state index is 0.221. The van der Waals surface area contributed by atoms with Crippen molar-refractivity contribution < 1.29 is 14.4 Å². The van der Waals surface area contributed by atoms with E-state index in [0.29, 0.717) is 11.3 Å². The highest BCUT2D eigenvalue weighted by Gasteiger charge is 2.30. The lowest BCUT2D eigenvalue weighted by molar-refractivity contribution is -0.121. The van der Waals surface area contributed by atoms with Gasteiger partial charge in [-0.25, -0.2) is 0 Å². The Hall–Kier alpha value is -2.95. The highest BCUT2D eigenvalue weighted by Crippen LogP contribution is 2.26. The van der Waals surface area contributed by atoms with E-state index in [1.54, 1.807) is 24.3 Å². The number of benzene rings is 2. The molecular weight excluding hydrogens is 328 g/mol. The summed E-state index contributed by atoms with van der Waals surface area (Å²) in [4.78, 5) is 37.8. The quantitative estimate of drug-likeness (QED) is 0.836. The summed E-state index contributed by atoms with van der Waals surface area (Å²) >= 11 is 0. The van der Waals surface area contributed by atoms with Crippen molar-refractivity contribution in [2.24, 2.45) is 0 Å². The van der Waals surface area contributed by atoms with Gasteiger partial charge in [-0.3, -0.25) is 19.3 Å². The highest BCUT2D eigenvalue weighted by atomic mass is 16.2. The number of nitrogens with one attached hydrogen (secondary N) is 1. The Morgan fingerprint density at radius 3 is 2.12 bits per heavy atom. The molecule has 1 fully saturated rings. The molecule has 5 nitrogen and oxygen atoms in total. The zero-order valence-electron chi connectivity index (χ0n) is 15.0. The lowest BCUT2D eigenvalue weighted by Gasteiger charge is -2.16. The number of hydrogen-bond donors (Lipinski definition) is 1. The molecule has 134 valence electrons. The van der Waals surface area contributed by atoms with Gasteiger partial charge in [-0.1, -0.05) is 38.1 Å². The van der Waals surface area contributed by atoms with Gasteiger partial charge in [0.25, 0.3) is 5.91 Å². The van der Waals surface area contributed by atoms with Crippen LogP contribution >= 0.6 is 0 Å². The number of nitrogens with zero attached hydrogens (tertiary/aromatic N) is 1. The normalized spacial score (nSPS) is 14.0. The third kappa shape index (κ3) is 3.38. The van der Waals surface area contributed by atoms with Crippen LogP contribution in [0.1, 0.15) is 48.2 Å². The lowest BCUT2D eigenvalue weighted by Crippen LogP contribution is -2.28. The second-order valence-electron chi connectivity index (χ2n) is 6.29. The highest BCUT2D eigenvalue weighted by molar-refractivity contribution is 6.20. The van der Waals surface area contributed by atoms with Crippen LogP contribution in [0.2, 0.25) is 0 Å². The second-order valence-corrected chi connectivity index (χ2v) is 6.29. The van der Waals surface area contributed by atoms with Crippen LogP contribution in [0, 0.1) is 0 Å². The van der Waals surface area contributed by atoms with Crippen LogP contribution in [0.3, 0.4) is 0 Å². The van der Waals surface area contributed by atoms with E-state index >= 15 is 0 Å². The van der Waals surface area contributed by atoms with Crippen molar-refractivity contribution in [1.82, 2.24) is 0 Å². The van der Waals surface area contributed by atoms with E-state index in [1.165, 1.54) is 0 Å². The first-order valence-electron chi connectivity index (χ1n) is 8.93. The van der Waals surface area contributed by atoms with Crippen molar-refractivity contribution in [3.05, 3.63) is 59.2 Å². The summed E-state index contributed by atoms with van der Waals surface area (Å²) in [5.74, 6) is -0.698. The van der Waals surface area contributed by atoms with Gasteiger partial charge in [0.15, 0.2) is 0 Å². The van der Waals surface area contributed by atoms with E-state index in [0.717, 1.165) is 34.6 Å². The van der Waals surface area contributed by atoms with Crippen molar-refractivity contribution in [2.75, 3.05) is 10.2 Å². The molecule has 0 spiro atoms. The van der Waals surface area contributed by atoms with Crippen molar-refractivity contribution in [2.45, 2.75) is 39.5 Å². The van der Waals surface area contributed by atoms with Crippen LogP contribution in [0.25, 0.3) is 0 Å². The van der Waals surface area contributed by atoms with Gasteiger partial charge in [0.05, 0.1) is 5.69 Å². The predicted octanol–water partition coefficient (Wildman–Crippen LogP) is 3.72. The molecule has 0 bridgehead atoms. The van der Waals surface area contributed by atoms with Crippen molar-refractivity contribution in [3.63, 3.8) is 0 Å². The van der Waals surface area contributed by atoms with Gasteiger partial charge in [0, 0.05) is 24.1 Å². The number of amides is 3. The average Bonchev–Trinajstić information content (AvgIpc) is 3.00. The summed E-state index contributed by atoms with van der Waals surface area (Å²) in [7, 11) is 0. The Balaban J connectivity index is 1.89. The molecule has 1 saturated heterocycles. The minimum Gasteiger partial charge on any atom is -0.321 e. The molecule has 1 aliphatic rings. The Morgan fingerprint density at radius 1 is 0.962 bits per heavy atom. The van der Waals surface area contributed by atoms with E-state index in [1.807, 2.05) is 18.2 Å². The van der Waals surface area contributed by atoms with Gasteiger partial charge in [0.2, 0.25) is 11.8 Å². The van der Waals surface area contributed by atoms with Gasteiger partial charge in [-0.15, -0.1) is 0 Å². The topological polar surface area (TPSA) is 66.5 Å². The SMILES string of the molecule is CCc1cccc(CC)c1NC(=O)c1cccc(N2C(=O)CCC2=O)c1. The van der Waals surface area contributed by atoms with Crippen LogP contribution < -0.4 is 10.2 Å². The van der Waals surface area contributed by atoms with Gasteiger partial charge in [0.1, 0.15) is 0 Å². The molecule has 0 unspecified atom stereocenters. The third-order valence-electron chi connectivity index (χ3n) is 4.66. The first kappa shape index (κ1) is 17.9. The second kappa shape index (κ2) is 7.52. The summed E-state index contributed by atoms with van der Waals surface area (Å²) in [5.41, 5.74) is 3.88. The number of imide groups is 1. The average molecular weight is 350 g/mol. The van der Waals surface area contributed by atoms with Crippen molar-refractivity contribution in [1.29, 1.82) is 0 Å². The molecule has 1 aliphatic heterocycles. The molecular formula is C21H22N2O3. The number of hydrogen-bond acceptors (Lipinski definition) is 3. The number of aryl methyl sites for hydroxylation is 2. The van der Waals surface area contributed by atoms with E-state index in [-0.39, 0.29) is 30.6 Å². The standard InChI is InChI=1S/C21H22N2O3/c1-3-14-7-5-8-15(4-2)20(14)22-21(26)16-9-6-10-17(13-16)23-18(24)11-12-19(23)25/h5-10,13H,3-4,11-12H2,1-2H3,(H,22,26). The summed E-state index contributed by atoms with van der Waals surface area (Å²) in [6.07, 6.45) is 2.08. The Morgan fingerprint density at radius 2 is 1.54 bits per heavy atom. The molecule has 3 rings (SSSR count). The minimum atomic E-state index is -0.249.